The second kappa shape index (κ2) is 3.95. The van der Waals surface area contributed by atoms with Gasteiger partial charge in [-0.1, -0.05) is 13.8 Å². The molecule has 0 radical (unpaired) electrons. The van der Waals surface area contributed by atoms with E-state index in [-0.39, 0.29) is 5.72 Å². The molecular weight excluding hydrogens is 240 g/mol. The van der Waals surface area contributed by atoms with Gasteiger partial charge in [-0.3, -0.25) is 9.69 Å². The lowest BCUT2D eigenvalue weighted by Gasteiger charge is -2.34. The fraction of sp³-hybridized carbons (Fsp3) is 0.933. The van der Waals surface area contributed by atoms with Crippen molar-refractivity contribution in [1.82, 2.24) is 9.80 Å². The largest absolute Gasteiger partial charge is 0.352 e. The minimum Gasteiger partial charge on any atom is -0.352 e. The Labute approximate surface area is 115 Å². The average Bonchev–Trinajstić information content (AvgIpc) is 2.90. The molecule has 0 aromatic carbocycles. The van der Waals surface area contributed by atoms with E-state index in [0.717, 1.165) is 25.5 Å². The SMILES string of the molecule is CC(C)[C@@H]1CO[C@@]23CCN(CC4CC4)[C@@H]2CC(=O)N13. The van der Waals surface area contributed by atoms with Crippen LogP contribution in [0.1, 0.15) is 39.5 Å². The van der Waals surface area contributed by atoms with Crippen molar-refractivity contribution < 1.29 is 9.53 Å². The van der Waals surface area contributed by atoms with Crippen LogP contribution in [0.3, 0.4) is 0 Å². The first-order chi connectivity index (χ1) is 9.12. The Kier molecular flexibility index (Phi) is 2.53. The van der Waals surface area contributed by atoms with Crippen molar-refractivity contribution in [3.63, 3.8) is 0 Å². The highest BCUT2D eigenvalue weighted by Gasteiger charge is 2.64. The van der Waals surface area contributed by atoms with Gasteiger partial charge in [0.15, 0.2) is 5.72 Å². The Hall–Kier alpha value is -0.610. The van der Waals surface area contributed by atoms with Gasteiger partial charge in [0.05, 0.1) is 18.7 Å². The van der Waals surface area contributed by atoms with E-state index in [1.54, 1.807) is 0 Å². The summed E-state index contributed by atoms with van der Waals surface area (Å²) in [7, 11) is 0. The van der Waals surface area contributed by atoms with Gasteiger partial charge in [-0.25, -0.2) is 0 Å². The zero-order valence-electron chi connectivity index (χ0n) is 12.0. The summed E-state index contributed by atoms with van der Waals surface area (Å²) >= 11 is 0. The zero-order chi connectivity index (χ0) is 13.2. The molecule has 1 spiro atoms. The second-order valence-corrected chi connectivity index (χ2v) is 7.14. The van der Waals surface area contributed by atoms with Crippen LogP contribution in [0.25, 0.3) is 0 Å². The normalized spacial score (nSPS) is 42.3. The number of hydrogen-bond acceptors (Lipinski definition) is 3. The number of hydrogen-bond donors (Lipinski definition) is 0. The summed E-state index contributed by atoms with van der Waals surface area (Å²) in [5, 5.41) is 0. The van der Waals surface area contributed by atoms with Gasteiger partial charge in [0.2, 0.25) is 5.91 Å². The van der Waals surface area contributed by atoms with Gasteiger partial charge in [0.25, 0.3) is 0 Å². The van der Waals surface area contributed by atoms with Crippen molar-refractivity contribution in [2.45, 2.75) is 57.3 Å². The summed E-state index contributed by atoms with van der Waals surface area (Å²) in [4.78, 5) is 17.1. The lowest BCUT2D eigenvalue weighted by atomic mass is 10.0. The molecule has 3 atom stereocenters. The number of carbonyl (C=O) groups excluding carboxylic acids is 1. The van der Waals surface area contributed by atoms with Gasteiger partial charge in [-0.2, -0.15) is 0 Å². The standard InChI is InChI=1S/C15H24N2O2/c1-10(2)12-9-19-15-5-6-16(8-11-3-4-11)13(15)7-14(18)17(12)15/h10-13H,3-9H2,1-2H3/t12-,13+,15-/m0/s1. The van der Waals surface area contributed by atoms with E-state index in [4.69, 9.17) is 4.74 Å². The van der Waals surface area contributed by atoms with E-state index >= 15 is 0 Å². The quantitative estimate of drug-likeness (QED) is 0.773. The van der Waals surface area contributed by atoms with Crippen LogP contribution in [0.2, 0.25) is 0 Å². The molecule has 4 heteroatoms. The molecule has 19 heavy (non-hydrogen) atoms. The van der Waals surface area contributed by atoms with Crippen LogP contribution < -0.4 is 0 Å². The molecule has 3 saturated heterocycles. The van der Waals surface area contributed by atoms with Crippen molar-refractivity contribution >= 4 is 5.91 Å². The van der Waals surface area contributed by atoms with Crippen LogP contribution in [0.4, 0.5) is 0 Å². The number of rotatable bonds is 3. The summed E-state index contributed by atoms with van der Waals surface area (Å²) in [5.41, 5.74) is -0.263. The molecule has 4 nitrogen and oxygen atoms in total. The topological polar surface area (TPSA) is 32.8 Å². The van der Waals surface area contributed by atoms with E-state index in [9.17, 15) is 4.79 Å². The highest BCUT2D eigenvalue weighted by atomic mass is 16.5. The van der Waals surface area contributed by atoms with Gasteiger partial charge >= 0.3 is 0 Å². The number of ether oxygens (including phenoxy) is 1. The smallest absolute Gasteiger partial charge is 0.226 e. The number of likely N-dealkylation sites (tertiary alicyclic amines) is 1. The molecule has 0 N–H and O–H groups in total. The number of amides is 1. The molecule has 0 aromatic heterocycles. The van der Waals surface area contributed by atoms with Gasteiger partial charge in [-0.15, -0.1) is 0 Å². The van der Waals surface area contributed by atoms with Gasteiger partial charge in [-0.05, 0) is 24.7 Å². The summed E-state index contributed by atoms with van der Waals surface area (Å²) in [6, 6.07) is 0.614. The summed E-state index contributed by atoms with van der Waals surface area (Å²) in [6.07, 6.45) is 4.45. The molecule has 0 bridgehead atoms. The average molecular weight is 264 g/mol. The number of carbonyl (C=O) groups is 1. The summed E-state index contributed by atoms with van der Waals surface area (Å²) in [5.74, 6) is 1.70. The van der Waals surface area contributed by atoms with Crippen molar-refractivity contribution in [2.75, 3.05) is 19.7 Å². The van der Waals surface area contributed by atoms with E-state index in [1.165, 1.54) is 19.4 Å². The number of nitrogens with zero attached hydrogens (tertiary/aromatic N) is 2. The molecule has 0 aromatic rings. The third kappa shape index (κ3) is 1.62. The first-order valence-corrected chi connectivity index (χ1v) is 7.82. The van der Waals surface area contributed by atoms with Crippen LogP contribution in [0.5, 0.6) is 0 Å². The summed E-state index contributed by atoms with van der Waals surface area (Å²) in [6.45, 7) is 7.42. The lowest BCUT2D eigenvalue weighted by Crippen LogP contribution is -2.51. The van der Waals surface area contributed by atoms with Gasteiger partial charge in [0, 0.05) is 25.9 Å². The molecule has 1 amide bonds. The van der Waals surface area contributed by atoms with Crippen molar-refractivity contribution in [3.8, 4) is 0 Å². The monoisotopic (exact) mass is 264 g/mol. The van der Waals surface area contributed by atoms with Gasteiger partial charge < -0.3 is 9.64 Å². The highest BCUT2D eigenvalue weighted by Crippen LogP contribution is 2.49. The molecule has 1 saturated carbocycles. The molecular formula is C15H24N2O2. The molecule has 106 valence electrons. The first-order valence-electron chi connectivity index (χ1n) is 7.82. The predicted octanol–water partition coefficient (Wildman–Crippen LogP) is 1.45. The Bertz CT molecular complexity index is 407. The molecule has 3 heterocycles. The Morgan fingerprint density at radius 2 is 2.21 bits per heavy atom. The fourth-order valence-electron chi connectivity index (χ4n) is 4.30. The van der Waals surface area contributed by atoms with Crippen LogP contribution in [-0.4, -0.2) is 53.2 Å². The van der Waals surface area contributed by atoms with Crippen molar-refractivity contribution in [3.05, 3.63) is 0 Å². The van der Waals surface area contributed by atoms with E-state index in [1.807, 2.05) is 0 Å². The van der Waals surface area contributed by atoms with E-state index in [2.05, 4.69) is 23.6 Å². The van der Waals surface area contributed by atoms with Crippen molar-refractivity contribution in [1.29, 1.82) is 0 Å². The third-order valence-electron chi connectivity index (χ3n) is 5.56. The molecule has 3 aliphatic heterocycles. The third-order valence-corrected chi connectivity index (χ3v) is 5.56. The molecule has 4 fully saturated rings. The van der Waals surface area contributed by atoms with E-state index < -0.39 is 0 Å². The second-order valence-electron chi connectivity index (χ2n) is 7.14. The minimum atomic E-state index is -0.263. The maximum atomic E-state index is 12.4. The van der Waals surface area contributed by atoms with E-state index in [0.29, 0.717) is 30.3 Å². The Balaban J connectivity index is 1.60. The zero-order valence-corrected chi connectivity index (χ0v) is 12.0. The molecule has 4 aliphatic rings. The molecule has 4 rings (SSSR count). The van der Waals surface area contributed by atoms with Crippen LogP contribution in [-0.2, 0) is 9.53 Å². The van der Waals surface area contributed by atoms with Crippen LogP contribution >= 0.6 is 0 Å². The first kappa shape index (κ1) is 12.2. The Morgan fingerprint density at radius 1 is 1.42 bits per heavy atom. The Morgan fingerprint density at radius 3 is 2.89 bits per heavy atom. The predicted molar refractivity (Wildman–Crippen MR) is 71.5 cm³/mol. The maximum Gasteiger partial charge on any atom is 0.226 e. The fourth-order valence-corrected chi connectivity index (χ4v) is 4.30. The van der Waals surface area contributed by atoms with Gasteiger partial charge in [0.1, 0.15) is 0 Å². The van der Waals surface area contributed by atoms with Crippen LogP contribution in [0, 0.1) is 11.8 Å². The maximum absolute atomic E-state index is 12.4. The lowest BCUT2D eigenvalue weighted by molar-refractivity contribution is -0.139. The van der Waals surface area contributed by atoms with Crippen LogP contribution in [0.15, 0.2) is 0 Å². The highest BCUT2D eigenvalue weighted by molar-refractivity contribution is 5.82. The minimum absolute atomic E-state index is 0.263. The molecule has 1 aliphatic carbocycles. The van der Waals surface area contributed by atoms with Crippen molar-refractivity contribution in [2.24, 2.45) is 11.8 Å². The summed E-state index contributed by atoms with van der Waals surface area (Å²) < 4.78 is 6.23. The molecule has 0 unspecified atom stereocenters.